The number of rotatable bonds is 5. The van der Waals surface area contributed by atoms with Gasteiger partial charge in [0.2, 0.25) is 0 Å². The Morgan fingerprint density at radius 3 is 2.44 bits per heavy atom. The molecular formula is C16H29NO. The maximum Gasteiger partial charge on any atom is 0.0494 e. The van der Waals surface area contributed by atoms with Crippen LogP contribution in [0.3, 0.4) is 0 Å². The number of hydrogen-bond acceptors (Lipinski definition) is 2. The van der Waals surface area contributed by atoms with E-state index in [0.717, 1.165) is 30.5 Å². The minimum atomic E-state index is 0.771. The van der Waals surface area contributed by atoms with E-state index in [2.05, 4.69) is 11.8 Å². The highest BCUT2D eigenvalue weighted by molar-refractivity contribution is 4.97. The molecule has 1 saturated heterocycles. The minimum Gasteiger partial charge on any atom is -0.381 e. The highest BCUT2D eigenvalue weighted by Gasteiger charge is 2.44. The van der Waals surface area contributed by atoms with Gasteiger partial charge in [-0.15, -0.1) is 0 Å². The fourth-order valence-electron chi connectivity index (χ4n) is 4.46. The molecule has 1 aliphatic heterocycles. The van der Waals surface area contributed by atoms with Crippen LogP contribution in [-0.4, -0.2) is 37.7 Å². The van der Waals surface area contributed by atoms with Crippen LogP contribution < -0.4 is 0 Å². The Bertz CT molecular complexity index is 258. The molecule has 0 radical (unpaired) electrons. The summed E-state index contributed by atoms with van der Waals surface area (Å²) in [5, 5.41) is 0. The van der Waals surface area contributed by atoms with Gasteiger partial charge in [-0.25, -0.2) is 0 Å². The van der Waals surface area contributed by atoms with Crippen LogP contribution in [0.25, 0.3) is 0 Å². The molecule has 0 aromatic rings. The van der Waals surface area contributed by atoms with Crippen LogP contribution >= 0.6 is 0 Å². The Hall–Kier alpha value is -0.0800. The van der Waals surface area contributed by atoms with Gasteiger partial charge in [0, 0.05) is 32.8 Å². The summed E-state index contributed by atoms with van der Waals surface area (Å²) in [6.45, 7) is 8.20. The van der Waals surface area contributed by atoms with Gasteiger partial charge in [-0.3, -0.25) is 0 Å². The summed E-state index contributed by atoms with van der Waals surface area (Å²) in [5.41, 5.74) is 0.771. The third kappa shape index (κ3) is 2.75. The normalized spacial score (nSPS) is 35.2. The quantitative estimate of drug-likeness (QED) is 0.743. The predicted octanol–water partition coefficient (Wildman–Crippen LogP) is 3.32. The maximum absolute atomic E-state index is 5.51. The Morgan fingerprint density at radius 1 is 1.06 bits per heavy atom. The second-order valence-electron chi connectivity index (χ2n) is 7.09. The number of ether oxygens (including phenoxy) is 1. The first kappa shape index (κ1) is 12.9. The molecule has 0 atom stereocenters. The molecule has 0 aromatic heterocycles. The van der Waals surface area contributed by atoms with Crippen molar-refractivity contribution in [2.24, 2.45) is 17.3 Å². The van der Waals surface area contributed by atoms with E-state index in [1.54, 1.807) is 0 Å². The average molecular weight is 251 g/mol. The molecule has 104 valence electrons. The van der Waals surface area contributed by atoms with E-state index in [1.165, 1.54) is 64.6 Å². The van der Waals surface area contributed by atoms with Crippen molar-refractivity contribution in [3.05, 3.63) is 0 Å². The van der Waals surface area contributed by atoms with Gasteiger partial charge in [0.1, 0.15) is 0 Å². The SMILES string of the molecule is CCOCC1CC(CN2CC3(CCCCC3)C2)C1. The molecule has 0 aromatic carbocycles. The first-order chi connectivity index (χ1) is 8.80. The first-order valence-electron chi connectivity index (χ1n) is 8.10. The molecule has 2 heteroatoms. The van der Waals surface area contributed by atoms with Gasteiger partial charge < -0.3 is 9.64 Å². The van der Waals surface area contributed by atoms with E-state index in [-0.39, 0.29) is 0 Å². The number of likely N-dealkylation sites (tertiary alicyclic amines) is 1. The Balaban J connectivity index is 1.30. The molecule has 2 aliphatic carbocycles. The summed E-state index contributed by atoms with van der Waals surface area (Å²) in [6.07, 6.45) is 10.3. The van der Waals surface area contributed by atoms with E-state index in [4.69, 9.17) is 4.74 Å². The van der Waals surface area contributed by atoms with Gasteiger partial charge in [0.05, 0.1) is 0 Å². The van der Waals surface area contributed by atoms with Gasteiger partial charge in [0.15, 0.2) is 0 Å². The topological polar surface area (TPSA) is 12.5 Å². The lowest BCUT2D eigenvalue weighted by Crippen LogP contribution is -2.58. The number of hydrogen-bond donors (Lipinski definition) is 0. The Labute approximate surface area is 112 Å². The van der Waals surface area contributed by atoms with Crippen molar-refractivity contribution >= 4 is 0 Å². The summed E-state index contributed by atoms with van der Waals surface area (Å²) < 4.78 is 5.51. The van der Waals surface area contributed by atoms with E-state index in [9.17, 15) is 0 Å². The first-order valence-corrected chi connectivity index (χ1v) is 8.10. The molecule has 1 spiro atoms. The summed E-state index contributed by atoms with van der Waals surface area (Å²) in [6, 6.07) is 0. The van der Waals surface area contributed by atoms with Crippen molar-refractivity contribution in [1.82, 2.24) is 4.90 Å². The van der Waals surface area contributed by atoms with Crippen LogP contribution in [0.1, 0.15) is 51.9 Å². The van der Waals surface area contributed by atoms with Crippen molar-refractivity contribution in [3.63, 3.8) is 0 Å². The lowest BCUT2D eigenvalue weighted by atomic mass is 9.67. The Morgan fingerprint density at radius 2 is 1.78 bits per heavy atom. The van der Waals surface area contributed by atoms with Gasteiger partial charge in [-0.05, 0) is 49.9 Å². The van der Waals surface area contributed by atoms with Gasteiger partial charge in [-0.1, -0.05) is 19.3 Å². The van der Waals surface area contributed by atoms with E-state index in [0.29, 0.717) is 0 Å². The molecule has 0 N–H and O–H groups in total. The van der Waals surface area contributed by atoms with Gasteiger partial charge >= 0.3 is 0 Å². The standard InChI is InChI=1S/C16H29NO/c1-2-18-11-15-8-14(9-15)10-17-12-16(13-17)6-4-3-5-7-16/h14-15H,2-13H2,1H3. The zero-order valence-electron chi connectivity index (χ0n) is 12.0. The molecule has 1 heterocycles. The van der Waals surface area contributed by atoms with Crippen LogP contribution in [0.5, 0.6) is 0 Å². The zero-order chi connectivity index (χ0) is 12.4. The molecule has 0 unspecified atom stereocenters. The van der Waals surface area contributed by atoms with Crippen LogP contribution in [0.2, 0.25) is 0 Å². The van der Waals surface area contributed by atoms with E-state index < -0.39 is 0 Å². The Kier molecular flexibility index (Phi) is 3.95. The minimum absolute atomic E-state index is 0.771. The molecule has 0 bridgehead atoms. The summed E-state index contributed by atoms with van der Waals surface area (Å²) in [7, 11) is 0. The van der Waals surface area contributed by atoms with E-state index in [1.807, 2.05) is 0 Å². The maximum atomic E-state index is 5.51. The highest BCUT2D eigenvalue weighted by Crippen LogP contribution is 2.45. The third-order valence-corrected chi connectivity index (χ3v) is 5.44. The van der Waals surface area contributed by atoms with Crippen molar-refractivity contribution in [1.29, 1.82) is 0 Å². The molecule has 2 saturated carbocycles. The largest absolute Gasteiger partial charge is 0.381 e. The molecule has 0 amide bonds. The lowest BCUT2D eigenvalue weighted by Gasteiger charge is -2.54. The lowest BCUT2D eigenvalue weighted by molar-refractivity contribution is -0.0538. The highest BCUT2D eigenvalue weighted by atomic mass is 16.5. The number of nitrogens with zero attached hydrogens (tertiary/aromatic N) is 1. The third-order valence-electron chi connectivity index (χ3n) is 5.44. The molecule has 3 fully saturated rings. The van der Waals surface area contributed by atoms with Crippen LogP contribution in [0.15, 0.2) is 0 Å². The van der Waals surface area contributed by atoms with Gasteiger partial charge in [0.25, 0.3) is 0 Å². The summed E-state index contributed by atoms with van der Waals surface area (Å²) in [4.78, 5) is 2.73. The van der Waals surface area contributed by atoms with Crippen LogP contribution in [0, 0.1) is 17.3 Å². The van der Waals surface area contributed by atoms with E-state index >= 15 is 0 Å². The van der Waals surface area contributed by atoms with Crippen molar-refractivity contribution in [2.45, 2.75) is 51.9 Å². The smallest absolute Gasteiger partial charge is 0.0494 e. The molecule has 2 nitrogen and oxygen atoms in total. The average Bonchev–Trinajstić information content (AvgIpc) is 2.31. The van der Waals surface area contributed by atoms with Crippen molar-refractivity contribution in [2.75, 3.05) is 32.8 Å². The molecule has 3 rings (SSSR count). The van der Waals surface area contributed by atoms with Gasteiger partial charge in [-0.2, -0.15) is 0 Å². The zero-order valence-corrected chi connectivity index (χ0v) is 12.0. The second-order valence-corrected chi connectivity index (χ2v) is 7.09. The fourth-order valence-corrected chi connectivity index (χ4v) is 4.46. The monoisotopic (exact) mass is 251 g/mol. The van der Waals surface area contributed by atoms with Crippen LogP contribution in [0.4, 0.5) is 0 Å². The molecule has 18 heavy (non-hydrogen) atoms. The second kappa shape index (κ2) is 5.50. The van der Waals surface area contributed by atoms with Crippen molar-refractivity contribution in [3.8, 4) is 0 Å². The molecule has 3 aliphatic rings. The van der Waals surface area contributed by atoms with Crippen LogP contribution in [-0.2, 0) is 4.74 Å². The fraction of sp³-hybridized carbons (Fsp3) is 1.00. The predicted molar refractivity (Wildman–Crippen MR) is 74.7 cm³/mol. The summed E-state index contributed by atoms with van der Waals surface area (Å²) >= 11 is 0. The molecular weight excluding hydrogens is 222 g/mol. The summed E-state index contributed by atoms with van der Waals surface area (Å²) in [5.74, 6) is 1.86. The van der Waals surface area contributed by atoms with Crippen molar-refractivity contribution < 1.29 is 4.74 Å².